The van der Waals surface area contributed by atoms with Gasteiger partial charge in [-0.2, -0.15) is 0 Å². The Labute approximate surface area is 141 Å². The quantitative estimate of drug-likeness (QED) is 0.832. The first-order valence-corrected chi connectivity index (χ1v) is 8.04. The van der Waals surface area contributed by atoms with Gasteiger partial charge in [-0.1, -0.05) is 29.3 Å². The summed E-state index contributed by atoms with van der Waals surface area (Å²) in [5.41, 5.74) is 6.49. The summed E-state index contributed by atoms with van der Waals surface area (Å²) < 4.78 is 0. The summed E-state index contributed by atoms with van der Waals surface area (Å²) in [5, 5.41) is 5.92. The van der Waals surface area contributed by atoms with Crippen molar-refractivity contribution in [1.29, 1.82) is 0 Å². The smallest absolute Gasteiger partial charge is 0.226 e. The number of halogens is 2. The van der Waals surface area contributed by atoms with Gasteiger partial charge in [-0.25, -0.2) is 4.98 Å². The second kappa shape index (κ2) is 7.58. The molecule has 0 aliphatic carbocycles. The molecule has 22 heavy (non-hydrogen) atoms. The summed E-state index contributed by atoms with van der Waals surface area (Å²) in [7, 11) is 0. The maximum Gasteiger partial charge on any atom is 0.226 e. The Hall–Kier alpha value is -1.63. The number of carbonyl (C=O) groups excluding carboxylic acids is 2. The molecule has 0 saturated carbocycles. The summed E-state index contributed by atoms with van der Waals surface area (Å²) in [6.45, 7) is 0. The summed E-state index contributed by atoms with van der Waals surface area (Å²) in [6, 6.07) is 5.18. The van der Waals surface area contributed by atoms with E-state index in [4.69, 9.17) is 28.9 Å². The molecule has 1 aromatic carbocycles. The molecule has 3 N–H and O–H groups in total. The number of anilines is 1. The van der Waals surface area contributed by atoms with Crippen LogP contribution in [-0.2, 0) is 22.4 Å². The van der Waals surface area contributed by atoms with Gasteiger partial charge in [0.25, 0.3) is 0 Å². The molecule has 0 spiro atoms. The van der Waals surface area contributed by atoms with Gasteiger partial charge in [0.1, 0.15) is 0 Å². The van der Waals surface area contributed by atoms with Crippen LogP contribution >= 0.6 is 34.5 Å². The summed E-state index contributed by atoms with van der Waals surface area (Å²) in [6.07, 6.45) is 0.834. The minimum absolute atomic E-state index is 0.0623. The van der Waals surface area contributed by atoms with Crippen molar-refractivity contribution in [2.45, 2.75) is 19.3 Å². The van der Waals surface area contributed by atoms with Crippen molar-refractivity contribution in [3.8, 4) is 0 Å². The van der Waals surface area contributed by atoms with Crippen molar-refractivity contribution in [2.24, 2.45) is 5.73 Å². The van der Waals surface area contributed by atoms with E-state index in [9.17, 15) is 9.59 Å². The van der Waals surface area contributed by atoms with Gasteiger partial charge in [0.05, 0.1) is 12.1 Å². The molecule has 5 nitrogen and oxygen atoms in total. The van der Waals surface area contributed by atoms with E-state index in [1.165, 1.54) is 11.3 Å². The monoisotopic (exact) mass is 357 g/mol. The number of hydrogen-bond donors (Lipinski definition) is 2. The van der Waals surface area contributed by atoms with Crippen molar-refractivity contribution in [3.05, 3.63) is 44.9 Å². The van der Waals surface area contributed by atoms with E-state index in [1.807, 2.05) is 0 Å². The van der Waals surface area contributed by atoms with E-state index in [1.54, 1.807) is 23.6 Å². The predicted molar refractivity (Wildman–Crippen MR) is 88.4 cm³/mol. The highest BCUT2D eigenvalue weighted by molar-refractivity contribution is 7.13. The number of amides is 2. The Bertz CT molecular complexity index is 703. The Morgan fingerprint density at radius 2 is 2.09 bits per heavy atom. The lowest BCUT2D eigenvalue weighted by atomic mass is 10.1. The molecule has 0 bridgehead atoms. The molecule has 0 aliphatic rings. The van der Waals surface area contributed by atoms with E-state index in [0.717, 1.165) is 5.56 Å². The molecule has 1 aromatic heterocycles. The molecule has 2 aromatic rings. The SMILES string of the molecule is NC(=O)Cc1csc(NC(=O)CCc2ccc(Cl)cc2Cl)n1. The molecule has 2 rings (SSSR count). The third-order valence-corrected chi connectivity index (χ3v) is 4.18. The van der Waals surface area contributed by atoms with Gasteiger partial charge in [-0.15, -0.1) is 11.3 Å². The fraction of sp³-hybridized carbons (Fsp3) is 0.214. The standard InChI is InChI=1S/C14H13Cl2N3O2S/c15-9-3-1-8(11(16)5-9)2-4-13(21)19-14-18-10(7-22-14)6-12(17)20/h1,3,5,7H,2,4,6H2,(H2,17,20)(H,18,19,21). The Kier molecular flexibility index (Phi) is 5.76. The molecule has 0 aliphatic heterocycles. The van der Waals surface area contributed by atoms with Crippen LogP contribution in [0.4, 0.5) is 5.13 Å². The number of thiazole rings is 1. The lowest BCUT2D eigenvalue weighted by Gasteiger charge is -2.05. The highest BCUT2D eigenvalue weighted by atomic mass is 35.5. The number of hydrogen-bond acceptors (Lipinski definition) is 4. The van der Waals surface area contributed by atoms with Crippen LogP contribution in [0.2, 0.25) is 10.0 Å². The molecule has 0 fully saturated rings. The third-order valence-electron chi connectivity index (χ3n) is 2.79. The van der Waals surface area contributed by atoms with Crippen LogP contribution in [-0.4, -0.2) is 16.8 Å². The number of nitrogens with zero attached hydrogens (tertiary/aromatic N) is 1. The van der Waals surface area contributed by atoms with Crippen molar-refractivity contribution < 1.29 is 9.59 Å². The molecule has 1 heterocycles. The van der Waals surface area contributed by atoms with Crippen molar-refractivity contribution in [1.82, 2.24) is 4.98 Å². The molecule has 0 radical (unpaired) electrons. The number of benzene rings is 1. The van der Waals surface area contributed by atoms with Gasteiger partial charge in [-0.3, -0.25) is 9.59 Å². The first kappa shape index (κ1) is 16.7. The number of aryl methyl sites for hydroxylation is 1. The molecule has 0 atom stereocenters. The highest BCUT2D eigenvalue weighted by Gasteiger charge is 2.09. The predicted octanol–water partition coefficient (Wildman–Crippen LogP) is 3.05. The van der Waals surface area contributed by atoms with Gasteiger partial charge in [-0.05, 0) is 24.1 Å². The van der Waals surface area contributed by atoms with Gasteiger partial charge >= 0.3 is 0 Å². The summed E-state index contributed by atoms with van der Waals surface area (Å²) in [5.74, 6) is -0.633. The minimum Gasteiger partial charge on any atom is -0.369 e. The minimum atomic E-state index is -0.458. The van der Waals surface area contributed by atoms with Crippen LogP contribution in [0.3, 0.4) is 0 Å². The zero-order valence-corrected chi connectivity index (χ0v) is 13.8. The lowest BCUT2D eigenvalue weighted by Crippen LogP contribution is -2.14. The first-order chi connectivity index (χ1) is 10.4. The Morgan fingerprint density at radius 1 is 1.32 bits per heavy atom. The van der Waals surface area contributed by atoms with Crippen LogP contribution < -0.4 is 11.1 Å². The second-order valence-corrected chi connectivity index (χ2v) is 6.27. The van der Waals surface area contributed by atoms with Gasteiger partial charge in [0, 0.05) is 21.8 Å². The average Bonchev–Trinajstić information content (AvgIpc) is 2.84. The first-order valence-electron chi connectivity index (χ1n) is 6.40. The maximum absolute atomic E-state index is 11.9. The van der Waals surface area contributed by atoms with Gasteiger partial charge < -0.3 is 11.1 Å². The Balaban J connectivity index is 1.87. The van der Waals surface area contributed by atoms with Gasteiger partial charge in [0.2, 0.25) is 11.8 Å². The molecule has 0 saturated heterocycles. The van der Waals surface area contributed by atoms with Crippen molar-refractivity contribution in [2.75, 3.05) is 5.32 Å². The fourth-order valence-corrected chi connectivity index (χ4v) is 3.01. The molecule has 2 amide bonds. The van der Waals surface area contributed by atoms with E-state index < -0.39 is 5.91 Å². The molecular weight excluding hydrogens is 345 g/mol. The molecule has 0 unspecified atom stereocenters. The molecule has 116 valence electrons. The largest absolute Gasteiger partial charge is 0.369 e. The van der Waals surface area contributed by atoms with Gasteiger partial charge in [0.15, 0.2) is 5.13 Å². The van der Waals surface area contributed by atoms with Crippen LogP contribution in [0.25, 0.3) is 0 Å². The van der Waals surface area contributed by atoms with E-state index in [-0.39, 0.29) is 18.7 Å². The number of rotatable bonds is 6. The van der Waals surface area contributed by atoms with E-state index in [0.29, 0.717) is 27.3 Å². The van der Waals surface area contributed by atoms with Crippen LogP contribution in [0.15, 0.2) is 23.6 Å². The normalized spacial score (nSPS) is 10.5. The van der Waals surface area contributed by atoms with Crippen LogP contribution in [0.5, 0.6) is 0 Å². The summed E-state index contributed by atoms with van der Waals surface area (Å²) in [4.78, 5) is 26.8. The topological polar surface area (TPSA) is 85.1 Å². The number of primary amides is 1. The number of carbonyl (C=O) groups is 2. The average molecular weight is 358 g/mol. The number of nitrogens with two attached hydrogens (primary N) is 1. The lowest BCUT2D eigenvalue weighted by molar-refractivity contribution is -0.117. The number of nitrogens with one attached hydrogen (secondary N) is 1. The maximum atomic E-state index is 11.9. The third kappa shape index (κ3) is 4.98. The molecular formula is C14H13Cl2N3O2S. The molecule has 8 heteroatoms. The van der Waals surface area contributed by atoms with Crippen molar-refractivity contribution in [3.63, 3.8) is 0 Å². The Morgan fingerprint density at radius 3 is 2.77 bits per heavy atom. The number of aromatic nitrogens is 1. The zero-order valence-electron chi connectivity index (χ0n) is 11.4. The fourth-order valence-electron chi connectivity index (χ4n) is 1.78. The zero-order chi connectivity index (χ0) is 16.1. The highest BCUT2D eigenvalue weighted by Crippen LogP contribution is 2.22. The summed E-state index contributed by atoms with van der Waals surface area (Å²) >= 11 is 13.1. The van der Waals surface area contributed by atoms with Crippen molar-refractivity contribution >= 4 is 51.5 Å². The van der Waals surface area contributed by atoms with E-state index >= 15 is 0 Å². The second-order valence-electron chi connectivity index (χ2n) is 4.57. The van der Waals surface area contributed by atoms with Crippen LogP contribution in [0, 0.1) is 0 Å². The van der Waals surface area contributed by atoms with E-state index in [2.05, 4.69) is 10.3 Å². The van der Waals surface area contributed by atoms with Crippen LogP contribution in [0.1, 0.15) is 17.7 Å².